The van der Waals surface area contributed by atoms with Crippen molar-refractivity contribution in [2.75, 3.05) is 13.2 Å². The fourth-order valence-corrected chi connectivity index (χ4v) is 8.27. The molecule has 1 fully saturated rings. The van der Waals surface area contributed by atoms with Gasteiger partial charge in [-0.05, 0) is 12.8 Å². The maximum Gasteiger partial charge on any atom is 0.397 e. The molecule has 0 aromatic rings. The Hall–Kier alpha value is -0.940. The molecule has 1 rings (SSSR count). The number of carbonyl (C=O) groups excluding carboxylic acids is 1. The van der Waals surface area contributed by atoms with Crippen LogP contribution in [0.25, 0.3) is 0 Å². The second-order valence-corrected chi connectivity index (χ2v) is 17.9. The lowest BCUT2D eigenvalue weighted by molar-refractivity contribution is -0.298. The molecule has 0 saturated carbocycles. The summed E-state index contributed by atoms with van der Waals surface area (Å²) in [5.74, 6) is -0.669. The first-order valence-corrected chi connectivity index (χ1v) is 24.9. The highest BCUT2D eigenvalue weighted by molar-refractivity contribution is 7.80. The summed E-state index contributed by atoms with van der Waals surface area (Å²) in [5, 5.41) is 55.1. The summed E-state index contributed by atoms with van der Waals surface area (Å²) < 4.78 is 47.4. The maximum atomic E-state index is 13.1. The van der Waals surface area contributed by atoms with Crippen molar-refractivity contribution in [2.45, 2.75) is 262 Å². The van der Waals surface area contributed by atoms with Gasteiger partial charge in [0.25, 0.3) is 0 Å². The Morgan fingerprint density at radius 1 is 0.621 bits per heavy atom. The van der Waals surface area contributed by atoms with E-state index in [9.17, 15) is 38.7 Å². The minimum Gasteiger partial charge on any atom is -0.394 e. The zero-order valence-electron chi connectivity index (χ0n) is 36.5. The molecule has 8 atom stereocenters. The van der Waals surface area contributed by atoms with E-state index in [2.05, 4.69) is 23.3 Å². The Morgan fingerprint density at radius 2 is 1.00 bits per heavy atom. The standard InChI is InChI=1S/C44H87NO12S/c1-3-5-7-9-11-12-13-14-15-16-17-18-19-20-21-22-23-24-25-27-29-31-33-38(48)43(51)45-36(37(47)32-30-28-26-10-8-6-4-2)35-55-44-41(50)42(57-58(52,53)54)40(49)39(34-46)56-44/h36-42,44,46-50H,3-35H2,1-2H3,(H,45,51)(H,52,53,54). The smallest absolute Gasteiger partial charge is 0.394 e. The molecule has 8 unspecified atom stereocenters. The first kappa shape index (κ1) is 55.1. The van der Waals surface area contributed by atoms with Crippen LogP contribution in [0.2, 0.25) is 0 Å². The van der Waals surface area contributed by atoms with Gasteiger partial charge in [-0.2, -0.15) is 8.42 Å². The van der Waals surface area contributed by atoms with Crippen LogP contribution in [0, 0.1) is 0 Å². The second kappa shape index (κ2) is 35.6. The normalized spacial score (nSPS) is 21.6. The van der Waals surface area contributed by atoms with Gasteiger partial charge >= 0.3 is 10.4 Å². The molecule has 0 radical (unpaired) electrons. The van der Waals surface area contributed by atoms with Crippen LogP contribution in [0.5, 0.6) is 0 Å². The molecule has 1 aliphatic rings. The molecular weight excluding hydrogens is 767 g/mol. The largest absolute Gasteiger partial charge is 0.397 e. The topological polar surface area (TPSA) is 212 Å². The van der Waals surface area contributed by atoms with Crippen LogP contribution in [0.15, 0.2) is 0 Å². The number of ether oxygens (including phenoxy) is 2. The number of amides is 1. The van der Waals surface area contributed by atoms with Crippen molar-refractivity contribution in [3.05, 3.63) is 0 Å². The lowest BCUT2D eigenvalue weighted by atomic mass is 9.99. The molecule has 14 heteroatoms. The SMILES string of the molecule is CCCCCCCCCCCCCCCCCCCCCCCCC(O)C(=O)NC(COC1OC(CO)C(O)C(OS(=O)(=O)O)C1O)C(O)CCCCCCCCC. The number of carbonyl (C=O) groups is 1. The van der Waals surface area contributed by atoms with E-state index in [1.54, 1.807) is 0 Å². The molecule has 0 aromatic carbocycles. The molecular formula is C44H87NO12S. The molecule has 7 N–H and O–H groups in total. The lowest BCUT2D eigenvalue weighted by Crippen LogP contribution is -2.61. The van der Waals surface area contributed by atoms with Gasteiger partial charge in [0.05, 0.1) is 25.4 Å². The van der Waals surface area contributed by atoms with Gasteiger partial charge in [-0.25, -0.2) is 4.18 Å². The summed E-state index contributed by atoms with van der Waals surface area (Å²) in [6, 6.07) is -1.03. The fraction of sp³-hybridized carbons (Fsp3) is 0.977. The maximum absolute atomic E-state index is 13.1. The summed E-state index contributed by atoms with van der Waals surface area (Å²) in [4.78, 5) is 13.1. The first-order valence-electron chi connectivity index (χ1n) is 23.5. The summed E-state index contributed by atoms with van der Waals surface area (Å²) in [6.07, 6.45) is 24.8. The Balaban J connectivity index is 2.37. The molecule has 1 saturated heterocycles. The highest BCUT2D eigenvalue weighted by Gasteiger charge is 2.48. The van der Waals surface area contributed by atoms with Crippen molar-refractivity contribution in [1.29, 1.82) is 0 Å². The summed E-state index contributed by atoms with van der Waals surface area (Å²) in [7, 11) is -5.10. The number of hydrogen-bond donors (Lipinski definition) is 7. The monoisotopic (exact) mass is 854 g/mol. The molecule has 346 valence electrons. The summed E-state index contributed by atoms with van der Waals surface area (Å²) >= 11 is 0. The van der Waals surface area contributed by atoms with Crippen molar-refractivity contribution in [3.8, 4) is 0 Å². The third-order valence-electron chi connectivity index (χ3n) is 11.5. The van der Waals surface area contributed by atoms with E-state index in [-0.39, 0.29) is 6.42 Å². The Bertz CT molecular complexity index is 1070. The third kappa shape index (κ3) is 27.8. The van der Waals surface area contributed by atoms with Gasteiger partial charge in [-0.1, -0.05) is 200 Å². The molecule has 1 amide bonds. The van der Waals surface area contributed by atoms with E-state index in [1.165, 1.54) is 122 Å². The summed E-state index contributed by atoms with van der Waals surface area (Å²) in [6.45, 7) is 3.22. The van der Waals surface area contributed by atoms with E-state index >= 15 is 0 Å². The van der Waals surface area contributed by atoms with Crippen molar-refractivity contribution in [3.63, 3.8) is 0 Å². The van der Waals surface area contributed by atoms with Crippen LogP contribution in [0.3, 0.4) is 0 Å². The van der Waals surface area contributed by atoms with Gasteiger partial charge in [0.15, 0.2) is 6.29 Å². The minimum absolute atomic E-state index is 0.265. The lowest BCUT2D eigenvalue weighted by Gasteiger charge is -2.41. The molecule has 13 nitrogen and oxygen atoms in total. The zero-order valence-corrected chi connectivity index (χ0v) is 37.3. The van der Waals surface area contributed by atoms with E-state index < -0.39 is 78.5 Å². The molecule has 0 aliphatic carbocycles. The molecule has 1 heterocycles. The zero-order chi connectivity index (χ0) is 42.9. The van der Waals surface area contributed by atoms with Crippen LogP contribution in [-0.2, 0) is 28.9 Å². The molecule has 0 aromatic heterocycles. The van der Waals surface area contributed by atoms with Crippen LogP contribution in [0.1, 0.15) is 213 Å². The van der Waals surface area contributed by atoms with Gasteiger partial charge < -0.3 is 40.3 Å². The van der Waals surface area contributed by atoms with Crippen molar-refractivity contribution >= 4 is 16.3 Å². The number of aliphatic hydroxyl groups excluding tert-OH is 5. The van der Waals surface area contributed by atoms with Crippen molar-refractivity contribution < 1.29 is 57.0 Å². The fourth-order valence-electron chi connectivity index (χ4n) is 7.76. The Labute approximate surface area is 352 Å². The van der Waals surface area contributed by atoms with Crippen LogP contribution >= 0.6 is 0 Å². The van der Waals surface area contributed by atoms with E-state index in [1.807, 2.05) is 0 Å². The molecule has 0 spiro atoms. The minimum atomic E-state index is -5.10. The molecule has 58 heavy (non-hydrogen) atoms. The van der Waals surface area contributed by atoms with Gasteiger partial charge in [-0.15, -0.1) is 0 Å². The molecule has 0 bridgehead atoms. The van der Waals surface area contributed by atoms with Crippen LogP contribution in [-0.4, -0.2) is 107 Å². The Morgan fingerprint density at radius 3 is 1.38 bits per heavy atom. The van der Waals surface area contributed by atoms with Gasteiger partial charge in [0, 0.05) is 0 Å². The van der Waals surface area contributed by atoms with Gasteiger partial charge in [0.2, 0.25) is 5.91 Å². The molecule has 1 aliphatic heterocycles. The first-order chi connectivity index (χ1) is 27.9. The van der Waals surface area contributed by atoms with Crippen molar-refractivity contribution in [1.82, 2.24) is 5.32 Å². The predicted octanol–water partition coefficient (Wildman–Crippen LogP) is 7.97. The highest BCUT2D eigenvalue weighted by Crippen LogP contribution is 2.26. The average molecular weight is 854 g/mol. The number of hydrogen-bond acceptors (Lipinski definition) is 11. The van der Waals surface area contributed by atoms with Crippen LogP contribution in [0.4, 0.5) is 0 Å². The number of nitrogens with one attached hydrogen (secondary N) is 1. The average Bonchev–Trinajstić information content (AvgIpc) is 3.19. The Kier molecular flexibility index (Phi) is 33.8. The van der Waals surface area contributed by atoms with E-state index in [0.29, 0.717) is 19.3 Å². The quantitative estimate of drug-likeness (QED) is 0.0231. The van der Waals surface area contributed by atoms with Crippen LogP contribution < -0.4 is 5.32 Å². The van der Waals surface area contributed by atoms with E-state index in [4.69, 9.17) is 14.0 Å². The number of rotatable bonds is 40. The highest BCUT2D eigenvalue weighted by atomic mass is 32.3. The number of aliphatic hydroxyl groups is 5. The van der Waals surface area contributed by atoms with Gasteiger partial charge in [0.1, 0.15) is 30.5 Å². The number of unbranched alkanes of at least 4 members (excludes halogenated alkanes) is 27. The van der Waals surface area contributed by atoms with Crippen molar-refractivity contribution in [2.24, 2.45) is 0 Å². The van der Waals surface area contributed by atoms with Gasteiger partial charge in [-0.3, -0.25) is 9.35 Å². The van der Waals surface area contributed by atoms with E-state index in [0.717, 1.165) is 51.4 Å². The third-order valence-corrected chi connectivity index (χ3v) is 12.0. The predicted molar refractivity (Wildman–Crippen MR) is 229 cm³/mol. The second-order valence-electron chi connectivity index (χ2n) is 16.9. The summed E-state index contributed by atoms with van der Waals surface area (Å²) in [5.41, 5.74) is 0.